The van der Waals surface area contributed by atoms with Gasteiger partial charge in [0.2, 0.25) is 7.59 Å². The fourth-order valence-electron chi connectivity index (χ4n) is 1.54. The first kappa shape index (κ1) is 19.6. The largest absolute Gasteiger partial charge is 0.504 e. The molecule has 11 heteroatoms. The van der Waals surface area contributed by atoms with Crippen LogP contribution < -0.4 is 0 Å². The molecule has 0 aliphatic heterocycles. The van der Waals surface area contributed by atoms with E-state index in [9.17, 15) is 10.2 Å². The number of phenols is 2. The standard InChI is InChI=1S/C13H7Cl6N3O2/c14-12(15,16)10-20-9(21-11(22-10)13(17,18)19)4-2-6-1-3-7(23)8(24)5-6/h1-5,23-24H. The fourth-order valence-corrected chi connectivity index (χ4v) is 2.04. The van der Waals surface area contributed by atoms with Crippen LogP contribution in [0.1, 0.15) is 23.0 Å². The van der Waals surface area contributed by atoms with E-state index in [4.69, 9.17) is 69.6 Å². The zero-order chi connectivity index (χ0) is 18.1. The second-order valence-corrected chi connectivity index (χ2v) is 8.98. The summed E-state index contributed by atoms with van der Waals surface area (Å²) in [6.45, 7) is 0. The van der Waals surface area contributed by atoms with E-state index in [0.717, 1.165) is 0 Å². The van der Waals surface area contributed by atoms with Crippen molar-refractivity contribution in [3.05, 3.63) is 41.2 Å². The van der Waals surface area contributed by atoms with Gasteiger partial charge in [-0.05, 0) is 23.8 Å². The number of rotatable bonds is 2. The Morgan fingerprint density at radius 3 is 1.75 bits per heavy atom. The first-order chi connectivity index (χ1) is 11.0. The van der Waals surface area contributed by atoms with Crippen molar-refractivity contribution in [2.24, 2.45) is 0 Å². The van der Waals surface area contributed by atoms with Gasteiger partial charge in [0.05, 0.1) is 0 Å². The van der Waals surface area contributed by atoms with Gasteiger partial charge in [0.15, 0.2) is 29.0 Å². The minimum absolute atomic E-state index is 0.0696. The van der Waals surface area contributed by atoms with Crippen LogP contribution in [-0.4, -0.2) is 25.2 Å². The van der Waals surface area contributed by atoms with E-state index in [1.165, 1.54) is 18.2 Å². The number of alkyl halides is 6. The Labute approximate surface area is 166 Å². The Morgan fingerprint density at radius 1 is 0.750 bits per heavy atom. The predicted octanol–water partition coefficient (Wildman–Crippen LogP) is 5.11. The summed E-state index contributed by atoms with van der Waals surface area (Å²) >= 11 is 34.6. The average molecular weight is 450 g/mol. The van der Waals surface area contributed by atoms with E-state index in [1.54, 1.807) is 12.1 Å². The molecule has 0 aliphatic rings. The van der Waals surface area contributed by atoms with Crippen LogP contribution in [0.15, 0.2) is 18.2 Å². The van der Waals surface area contributed by atoms with E-state index < -0.39 is 7.59 Å². The van der Waals surface area contributed by atoms with Gasteiger partial charge < -0.3 is 10.2 Å². The second-order valence-electron chi connectivity index (χ2n) is 4.42. The van der Waals surface area contributed by atoms with Gasteiger partial charge in [0.1, 0.15) is 0 Å². The van der Waals surface area contributed by atoms with Crippen molar-refractivity contribution in [1.29, 1.82) is 0 Å². The maximum absolute atomic E-state index is 9.47. The molecule has 1 heterocycles. The van der Waals surface area contributed by atoms with E-state index in [1.807, 2.05) is 0 Å². The molecule has 2 aromatic rings. The first-order valence-electron chi connectivity index (χ1n) is 6.07. The minimum atomic E-state index is -1.94. The summed E-state index contributed by atoms with van der Waals surface area (Å²) in [6.07, 6.45) is 2.98. The molecule has 0 bridgehead atoms. The highest BCUT2D eigenvalue weighted by molar-refractivity contribution is 6.67. The highest BCUT2D eigenvalue weighted by atomic mass is 35.6. The lowest BCUT2D eigenvalue weighted by Crippen LogP contribution is -2.16. The van der Waals surface area contributed by atoms with Gasteiger partial charge in [-0.1, -0.05) is 81.7 Å². The van der Waals surface area contributed by atoms with Crippen molar-refractivity contribution in [2.45, 2.75) is 7.59 Å². The topological polar surface area (TPSA) is 79.1 Å². The third-order valence-electron chi connectivity index (χ3n) is 2.58. The van der Waals surface area contributed by atoms with Crippen molar-refractivity contribution in [3.8, 4) is 11.5 Å². The van der Waals surface area contributed by atoms with Gasteiger partial charge in [0, 0.05) is 0 Å². The molecule has 0 atom stereocenters. The molecular weight excluding hydrogens is 443 g/mol. The summed E-state index contributed by atoms with van der Waals surface area (Å²) in [5.74, 6) is -0.879. The SMILES string of the molecule is Oc1ccc(C=Cc2nc(C(Cl)(Cl)Cl)nc(C(Cl)(Cl)Cl)n2)cc1O. The van der Waals surface area contributed by atoms with Crippen LogP contribution in [0, 0.1) is 0 Å². The summed E-state index contributed by atoms with van der Waals surface area (Å²) in [5.41, 5.74) is 0.552. The number of phenolic OH excluding ortho intramolecular Hbond substituents is 2. The number of halogens is 6. The number of benzene rings is 1. The fraction of sp³-hybridized carbons (Fsp3) is 0.154. The number of aromatic nitrogens is 3. The molecule has 5 nitrogen and oxygen atoms in total. The summed E-state index contributed by atoms with van der Waals surface area (Å²) in [6, 6.07) is 4.21. The Balaban J connectivity index is 2.45. The van der Waals surface area contributed by atoms with Gasteiger partial charge in [-0.25, -0.2) is 15.0 Å². The second kappa shape index (κ2) is 7.28. The summed E-state index contributed by atoms with van der Waals surface area (Å²) in [5, 5.41) is 18.8. The van der Waals surface area contributed by atoms with Crippen LogP contribution in [0.3, 0.4) is 0 Å². The lowest BCUT2D eigenvalue weighted by molar-refractivity contribution is 0.403. The Hall–Kier alpha value is -0.690. The highest BCUT2D eigenvalue weighted by Crippen LogP contribution is 2.40. The maximum Gasteiger partial charge on any atom is 0.250 e. The number of aromatic hydroxyl groups is 2. The lowest BCUT2D eigenvalue weighted by atomic mass is 10.2. The smallest absolute Gasteiger partial charge is 0.250 e. The highest BCUT2D eigenvalue weighted by Gasteiger charge is 2.33. The zero-order valence-electron chi connectivity index (χ0n) is 11.4. The summed E-state index contributed by atoms with van der Waals surface area (Å²) < 4.78 is -3.87. The van der Waals surface area contributed by atoms with E-state index >= 15 is 0 Å². The molecule has 0 aliphatic carbocycles. The lowest BCUT2D eigenvalue weighted by Gasteiger charge is -2.14. The molecule has 0 fully saturated rings. The Bertz CT molecular complexity index is 754. The van der Waals surface area contributed by atoms with Crippen LogP contribution in [0.25, 0.3) is 12.2 Å². The molecule has 2 N–H and O–H groups in total. The molecular formula is C13H7Cl6N3O2. The zero-order valence-corrected chi connectivity index (χ0v) is 15.9. The van der Waals surface area contributed by atoms with Gasteiger partial charge >= 0.3 is 0 Å². The van der Waals surface area contributed by atoms with Crippen molar-refractivity contribution in [1.82, 2.24) is 15.0 Å². The maximum atomic E-state index is 9.47. The van der Waals surface area contributed by atoms with Crippen molar-refractivity contribution in [3.63, 3.8) is 0 Å². The molecule has 0 unspecified atom stereocenters. The van der Waals surface area contributed by atoms with E-state index in [2.05, 4.69) is 15.0 Å². The van der Waals surface area contributed by atoms with Crippen LogP contribution in [0.2, 0.25) is 0 Å². The van der Waals surface area contributed by atoms with Gasteiger partial charge in [-0.15, -0.1) is 0 Å². The van der Waals surface area contributed by atoms with Gasteiger partial charge in [-0.3, -0.25) is 0 Å². The molecule has 0 spiro atoms. The Morgan fingerprint density at radius 2 is 1.29 bits per heavy atom. The number of nitrogens with zero attached hydrogens (tertiary/aromatic N) is 3. The van der Waals surface area contributed by atoms with Crippen molar-refractivity contribution < 1.29 is 10.2 Å². The first-order valence-corrected chi connectivity index (χ1v) is 8.34. The number of hydrogen-bond donors (Lipinski definition) is 2. The molecule has 0 saturated carbocycles. The quantitative estimate of drug-likeness (QED) is 0.492. The molecule has 0 amide bonds. The molecule has 1 aromatic carbocycles. The molecule has 1 aromatic heterocycles. The molecule has 0 radical (unpaired) electrons. The number of hydrogen-bond acceptors (Lipinski definition) is 5. The summed E-state index contributed by atoms with van der Waals surface area (Å²) in [7, 11) is 0. The monoisotopic (exact) mass is 447 g/mol. The Kier molecular flexibility index (Phi) is 5.95. The molecule has 128 valence electrons. The average Bonchev–Trinajstić information content (AvgIpc) is 2.46. The molecule has 0 saturated heterocycles. The normalized spacial score (nSPS) is 12.8. The summed E-state index contributed by atoms with van der Waals surface area (Å²) in [4.78, 5) is 11.8. The third-order valence-corrected chi connectivity index (χ3v) is 3.60. The predicted molar refractivity (Wildman–Crippen MR) is 97.0 cm³/mol. The van der Waals surface area contributed by atoms with E-state index in [-0.39, 0.29) is 29.0 Å². The van der Waals surface area contributed by atoms with Crippen LogP contribution >= 0.6 is 69.6 Å². The van der Waals surface area contributed by atoms with Crippen molar-refractivity contribution in [2.75, 3.05) is 0 Å². The molecule has 24 heavy (non-hydrogen) atoms. The van der Waals surface area contributed by atoms with Crippen LogP contribution in [0.4, 0.5) is 0 Å². The van der Waals surface area contributed by atoms with Crippen LogP contribution in [0.5, 0.6) is 11.5 Å². The van der Waals surface area contributed by atoms with Crippen molar-refractivity contribution >= 4 is 81.8 Å². The van der Waals surface area contributed by atoms with Crippen LogP contribution in [-0.2, 0) is 7.59 Å². The van der Waals surface area contributed by atoms with Gasteiger partial charge in [-0.2, -0.15) is 0 Å². The molecule has 2 rings (SSSR count). The third kappa shape index (κ3) is 5.15. The van der Waals surface area contributed by atoms with Gasteiger partial charge in [0.25, 0.3) is 0 Å². The minimum Gasteiger partial charge on any atom is -0.504 e. The van der Waals surface area contributed by atoms with E-state index in [0.29, 0.717) is 5.56 Å².